The number of carbonyl (C=O) groups excluding carboxylic acids is 1. The Balaban J connectivity index is 2.83. The van der Waals surface area contributed by atoms with Crippen molar-refractivity contribution in [3.8, 4) is 5.75 Å². The van der Waals surface area contributed by atoms with E-state index in [2.05, 4.69) is 5.32 Å². The van der Waals surface area contributed by atoms with E-state index in [1.54, 1.807) is 7.11 Å². The van der Waals surface area contributed by atoms with Gasteiger partial charge in [-0.2, -0.15) is 0 Å². The molecule has 1 amide bonds. The number of nitrogens with one attached hydrogen (secondary N) is 1. The highest BCUT2D eigenvalue weighted by atomic mass is 16.5. The van der Waals surface area contributed by atoms with E-state index in [9.17, 15) is 9.59 Å². The Labute approximate surface area is 111 Å². The summed E-state index contributed by atoms with van der Waals surface area (Å²) in [6, 6.07) is 2.25. The number of carbonyl (C=O) groups is 2. The molecule has 4 N–H and O–H groups in total. The molecule has 0 saturated heterocycles. The first-order chi connectivity index (χ1) is 8.86. The summed E-state index contributed by atoms with van der Waals surface area (Å²) in [6.07, 6.45) is 0. The first-order valence-corrected chi connectivity index (χ1v) is 5.77. The SMILES string of the molecule is COc1cc(C)cc(C)c1CNC(=O)C(N)C(=O)O. The molecule has 0 fully saturated rings. The lowest BCUT2D eigenvalue weighted by Crippen LogP contribution is -2.45. The summed E-state index contributed by atoms with van der Waals surface area (Å²) in [5, 5.41) is 11.1. The summed E-state index contributed by atoms with van der Waals surface area (Å²) in [5.74, 6) is -1.43. The van der Waals surface area contributed by atoms with Gasteiger partial charge in [-0.25, -0.2) is 4.79 Å². The van der Waals surface area contributed by atoms with Crippen LogP contribution >= 0.6 is 0 Å². The molecule has 0 radical (unpaired) electrons. The van der Waals surface area contributed by atoms with Crippen LogP contribution in [0.1, 0.15) is 16.7 Å². The molecule has 0 saturated carbocycles. The molecule has 1 aromatic carbocycles. The van der Waals surface area contributed by atoms with Crippen molar-refractivity contribution in [3.05, 3.63) is 28.8 Å². The second-order valence-electron chi connectivity index (χ2n) is 4.30. The van der Waals surface area contributed by atoms with Crippen LogP contribution in [0.15, 0.2) is 12.1 Å². The first-order valence-electron chi connectivity index (χ1n) is 5.77. The highest BCUT2D eigenvalue weighted by Gasteiger charge is 2.21. The van der Waals surface area contributed by atoms with Crippen LogP contribution in [-0.2, 0) is 16.1 Å². The van der Waals surface area contributed by atoms with Gasteiger partial charge in [-0.05, 0) is 31.0 Å². The van der Waals surface area contributed by atoms with E-state index in [0.717, 1.165) is 16.7 Å². The maximum absolute atomic E-state index is 11.5. The standard InChI is InChI=1S/C13H18N2O4/c1-7-4-8(2)9(10(5-7)19-3)6-15-12(16)11(14)13(17)18/h4-5,11H,6,14H2,1-3H3,(H,15,16)(H,17,18). The lowest BCUT2D eigenvalue weighted by molar-refractivity contribution is -0.142. The summed E-state index contributed by atoms with van der Waals surface area (Å²) in [4.78, 5) is 22.1. The molecule has 1 unspecified atom stereocenters. The number of ether oxygens (including phenoxy) is 1. The van der Waals surface area contributed by atoms with Crippen molar-refractivity contribution in [2.75, 3.05) is 7.11 Å². The van der Waals surface area contributed by atoms with E-state index in [0.29, 0.717) is 5.75 Å². The van der Waals surface area contributed by atoms with Crippen molar-refractivity contribution >= 4 is 11.9 Å². The van der Waals surface area contributed by atoms with Crippen LogP contribution in [0.2, 0.25) is 0 Å². The van der Waals surface area contributed by atoms with Crippen LogP contribution < -0.4 is 15.8 Å². The normalized spacial score (nSPS) is 11.8. The zero-order valence-electron chi connectivity index (χ0n) is 11.2. The predicted octanol–water partition coefficient (Wildman–Crippen LogP) is 0.340. The maximum Gasteiger partial charge on any atom is 0.330 e. The third kappa shape index (κ3) is 3.69. The molecule has 19 heavy (non-hydrogen) atoms. The molecule has 6 heteroatoms. The topological polar surface area (TPSA) is 102 Å². The number of aryl methyl sites for hydroxylation is 2. The van der Waals surface area contributed by atoms with Crippen molar-refractivity contribution in [1.82, 2.24) is 5.32 Å². The monoisotopic (exact) mass is 266 g/mol. The van der Waals surface area contributed by atoms with Crippen LogP contribution in [0.4, 0.5) is 0 Å². The number of nitrogens with two attached hydrogens (primary N) is 1. The smallest absolute Gasteiger partial charge is 0.330 e. The van der Waals surface area contributed by atoms with Gasteiger partial charge < -0.3 is 20.9 Å². The molecule has 0 aliphatic heterocycles. The number of amides is 1. The zero-order chi connectivity index (χ0) is 14.6. The molecular weight excluding hydrogens is 248 g/mol. The number of hydrogen-bond donors (Lipinski definition) is 3. The predicted molar refractivity (Wildman–Crippen MR) is 69.9 cm³/mol. The van der Waals surface area contributed by atoms with Crippen molar-refractivity contribution < 1.29 is 19.4 Å². The summed E-state index contributed by atoms with van der Waals surface area (Å²) < 4.78 is 5.25. The number of methoxy groups -OCH3 is 1. The molecule has 104 valence electrons. The Hall–Kier alpha value is -2.08. The van der Waals surface area contributed by atoms with Gasteiger partial charge in [0.25, 0.3) is 0 Å². The molecule has 0 spiro atoms. The lowest BCUT2D eigenvalue weighted by atomic mass is 10.0. The maximum atomic E-state index is 11.5. The number of benzene rings is 1. The van der Waals surface area contributed by atoms with Gasteiger partial charge in [-0.3, -0.25) is 4.79 Å². The van der Waals surface area contributed by atoms with Crippen LogP contribution in [-0.4, -0.2) is 30.1 Å². The summed E-state index contributed by atoms with van der Waals surface area (Å²) in [6.45, 7) is 4.02. The van der Waals surface area contributed by atoms with Gasteiger partial charge >= 0.3 is 5.97 Å². The fraction of sp³-hybridized carbons (Fsp3) is 0.385. The molecular formula is C13H18N2O4. The Kier molecular flexibility index (Phi) is 4.88. The van der Waals surface area contributed by atoms with E-state index in [-0.39, 0.29) is 6.54 Å². The van der Waals surface area contributed by atoms with Crippen LogP contribution in [0.5, 0.6) is 5.75 Å². The lowest BCUT2D eigenvalue weighted by Gasteiger charge is -2.14. The van der Waals surface area contributed by atoms with E-state index >= 15 is 0 Å². The Morgan fingerprint density at radius 1 is 1.42 bits per heavy atom. The number of carboxylic acids is 1. The third-order valence-corrected chi connectivity index (χ3v) is 2.78. The second kappa shape index (κ2) is 6.19. The van der Waals surface area contributed by atoms with Gasteiger partial charge in [0.15, 0.2) is 6.04 Å². The fourth-order valence-electron chi connectivity index (χ4n) is 1.76. The Bertz CT molecular complexity index is 500. The molecule has 6 nitrogen and oxygen atoms in total. The second-order valence-corrected chi connectivity index (χ2v) is 4.30. The zero-order valence-corrected chi connectivity index (χ0v) is 11.2. The molecule has 0 aliphatic carbocycles. The highest BCUT2D eigenvalue weighted by molar-refractivity contribution is 6.00. The van der Waals surface area contributed by atoms with Crippen molar-refractivity contribution in [2.45, 2.75) is 26.4 Å². The summed E-state index contributed by atoms with van der Waals surface area (Å²) >= 11 is 0. The molecule has 0 aromatic heterocycles. The molecule has 0 bridgehead atoms. The van der Waals surface area contributed by atoms with Crippen molar-refractivity contribution in [1.29, 1.82) is 0 Å². The minimum absolute atomic E-state index is 0.176. The first kappa shape index (κ1) is 15.0. The Morgan fingerprint density at radius 2 is 2.05 bits per heavy atom. The van der Waals surface area contributed by atoms with Gasteiger partial charge in [0.2, 0.25) is 5.91 Å². The number of hydrogen-bond acceptors (Lipinski definition) is 4. The third-order valence-electron chi connectivity index (χ3n) is 2.78. The molecule has 0 heterocycles. The van der Waals surface area contributed by atoms with E-state index in [4.69, 9.17) is 15.6 Å². The van der Waals surface area contributed by atoms with E-state index in [1.165, 1.54) is 0 Å². The van der Waals surface area contributed by atoms with Gasteiger partial charge in [-0.1, -0.05) is 6.07 Å². The summed E-state index contributed by atoms with van der Waals surface area (Å²) in [5.41, 5.74) is 8.03. The molecule has 1 aromatic rings. The summed E-state index contributed by atoms with van der Waals surface area (Å²) in [7, 11) is 1.54. The van der Waals surface area contributed by atoms with Crippen molar-refractivity contribution in [2.24, 2.45) is 5.73 Å². The number of carboxylic acid groups (broad SMARTS) is 1. The average Bonchev–Trinajstić information content (AvgIpc) is 2.35. The van der Waals surface area contributed by atoms with Crippen molar-refractivity contribution in [3.63, 3.8) is 0 Å². The fourth-order valence-corrected chi connectivity index (χ4v) is 1.76. The highest BCUT2D eigenvalue weighted by Crippen LogP contribution is 2.23. The van der Waals surface area contributed by atoms with E-state index < -0.39 is 17.9 Å². The van der Waals surface area contributed by atoms with Gasteiger partial charge in [-0.15, -0.1) is 0 Å². The minimum atomic E-state index is -1.56. The quantitative estimate of drug-likeness (QED) is 0.667. The minimum Gasteiger partial charge on any atom is -0.496 e. The average molecular weight is 266 g/mol. The van der Waals surface area contributed by atoms with Gasteiger partial charge in [0.05, 0.1) is 7.11 Å². The van der Waals surface area contributed by atoms with Crippen LogP contribution in [0.25, 0.3) is 0 Å². The molecule has 1 atom stereocenters. The molecule has 1 rings (SSSR count). The van der Waals surface area contributed by atoms with Crippen LogP contribution in [0.3, 0.4) is 0 Å². The largest absolute Gasteiger partial charge is 0.496 e. The molecule has 0 aliphatic rings. The Morgan fingerprint density at radius 3 is 2.58 bits per heavy atom. The van der Waals surface area contributed by atoms with Gasteiger partial charge in [0.1, 0.15) is 5.75 Å². The van der Waals surface area contributed by atoms with Gasteiger partial charge in [0, 0.05) is 12.1 Å². The van der Waals surface area contributed by atoms with Crippen LogP contribution in [0, 0.1) is 13.8 Å². The van der Waals surface area contributed by atoms with E-state index in [1.807, 2.05) is 26.0 Å². The number of rotatable bonds is 5. The number of aliphatic carboxylic acids is 1.